The Balaban J connectivity index is 1.20. The van der Waals surface area contributed by atoms with Crippen molar-refractivity contribution in [1.29, 1.82) is 0 Å². The molecule has 1 aliphatic rings. The van der Waals surface area contributed by atoms with Crippen LogP contribution >= 0.6 is 11.3 Å². The molecule has 10 rings (SSSR count). The number of thiophene rings is 1. The molecule has 2 heterocycles. The van der Waals surface area contributed by atoms with Crippen molar-refractivity contribution in [3.05, 3.63) is 158 Å². The fourth-order valence-electron chi connectivity index (χ4n) is 7.06. The Hall–Kier alpha value is -5.97. The smallest absolute Gasteiger partial charge is 0.227 e. The normalized spacial score (nSPS) is 11.8. The average Bonchev–Trinajstić information content (AvgIpc) is 3.82. The molecular weight excluding hydrogens is 593 g/mol. The number of benzene rings is 7. The van der Waals surface area contributed by atoms with Gasteiger partial charge in [-0.05, 0) is 71.1 Å². The maximum Gasteiger partial charge on any atom is 0.227 e. The molecule has 0 unspecified atom stereocenters. The molecule has 0 saturated carbocycles. The molecule has 220 valence electrons. The molecule has 0 radical (unpaired) electrons. The Bertz CT molecular complexity index is 2640. The fraction of sp³-hybridized carbons (Fsp3) is 0. The Morgan fingerprint density at radius 3 is 2.09 bits per heavy atom. The lowest BCUT2D eigenvalue weighted by atomic mass is 10.0. The van der Waals surface area contributed by atoms with Crippen LogP contribution in [0.1, 0.15) is 0 Å². The number of oxazole rings is 1. The second kappa shape index (κ2) is 10.3. The van der Waals surface area contributed by atoms with E-state index in [1.165, 1.54) is 36.7 Å². The van der Waals surface area contributed by atoms with Crippen LogP contribution < -0.4 is 4.90 Å². The van der Waals surface area contributed by atoms with Crippen LogP contribution in [0.2, 0.25) is 0 Å². The van der Waals surface area contributed by atoms with Crippen molar-refractivity contribution in [3.63, 3.8) is 0 Å². The highest BCUT2D eigenvalue weighted by Gasteiger charge is 2.29. The molecule has 1 aliphatic carbocycles. The minimum absolute atomic E-state index is 0.645. The van der Waals surface area contributed by atoms with Crippen LogP contribution in [0, 0.1) is 0 Å². The van der Waals surface area contributed by atoms with Crippen molar-refractivity contribution in [2.45, 2.75) is 0 Å². The van der Waals surface area contributed by atoms with E-state index in [0.717, 1.165) is 50.6 Å². The zero-order valence-corrected chi connectivity index (χ0v) is 26.0. The van der Waals surface area contributed by atoms with Gasteiger partial charge in [-0.25, -0.2) is 4.98 Å². The summed E-state index contributed by atoms with van der Waals surface area (Å²) in [4.78, 5) is 7.47. The third-order valence-electron chi connectivity index (χ3n) is 9.20. The summed E-state index contributed by atoms with van der Waals surface area (Å²) in [6.45, 7) is 0. The van der Waals surface area contributed by atoms with Crippen LogP contribution in [0.15, 0.2) is 162 Å². The number of nitrogens with zero attached hydrogens (tertiary/aromatic N) is 2. The van der Waals surface area contributed by atoms with Gasteiger partial charge in [0.15, 0.2) is 5.76 Å². The van der Waals surface area contributed by atoms with Crippen LogP contribution in [0.5, 0.6) is 0 Å². The molecule has 0 N–H and O–H groups in total. The zero-order valence-electron chi connectivity index (χ0n) is 25.2. The lowest BCUT2D eigenvalue weighted by Crippen LogP contribution is -2.10. The van der Waals surface area contributed by atoms with Crippen LogP contribution in [0.3, 0.4) is 0 Å². The molecule has 4 heteroatoms. The molecule has 0 aliphatic heterocycles. The van der Waals surface area contributed by atoms with Gasteiger partial charge in [-0.2, -0.15) is 0 Å². The van der Waals surface area contributed by atoms with Gasteiger partial charge in [0, 0.05) is 59.3 Å². The number of hydrogen-bond donors (Lipinski definition) is 0. The highest BCUT2D eigenvalue weighted by molar-refractivity contribution is 7.25. The summed E-state index contributed by atoms with van der Waals surface area (Å²) in [5, 5.41) is 4.94. The van der Waals surface area contributed by atoms with E-state index in [-0.39, 0.29) is 0 Å². The maximum absolute atomic E-state index is 6.47. The Morgan fingerprint density at radius 2 is 1.21 bits per heavy atom. The van der Waals surface area contributed by atoms with Crippen LogP contribution in [0.4, 0.5) is 17.1 Å². The van der Waals surface area contributed by atoms with Gasteiger partial charge in [0.1, 0.15) is 5.69 Å². The summed E-state index contributed by atoms with van der Waals surface area (Å²) < 4.78 is 9.05. The predicted octanol–water partition coefficient (Wildman–Crippen LogP) is 12.6. The molecule has 47 heavy (non-hydrogen) atoms. The summed E-state index contributed by atoms with van der Waals surface area (Å²) in [5.74, 6) is 1.48. The molecule has 0 amide bonds. The maximum atomic E-state index is 6.47. The van der Waals surface area contributed by atoms with Gasteiger partial charge >= 0.3 is 0 Å². The number of fused-ring (bicyclic) bond motifs is 6. The first-order chi connectivity index (χ1) is 23.3. The van der Waals surface area contributed by atoms with Crippen LogP contribution in [0.25, 0.3) is 76.1 Å². The second-order valence-electron chi connectivity index (χ2n) is 12.0. The largest absolute Gasteiger partial charge is 0.435 e. The lowest BCUT2D eigenvalue weighted by molar-refractivity contribution is 0.590. The van der Waals surface area contributed by atoms with Gasteiger partial charge < -0.3 is 9.32 Å². The van der Waals surface area contributed by atoms with Gasteiger partial charge in [-0.15, -0.1) is 11.3 Å². The highest BCUT2D eigenvalue weighted by atomic mass is 32.1. The summed E-state index contributed by atoms with van der Waals surface area (Å²) in [6, 6.07) is 56.2. The molecule has 2 aromatic heterocycles. The van der Waals surface area contributed by atoms with Crippen molar-refractivity contribution in [2.24, 2.45) is 0 Å². The fourth-order valence-corrected chi connectivity index (χ4v) is 8.20. The van der Waals surface area contributed by atoms with E-state index in [2.05, 4.69) is 132 Å². The number of aromatic nitrogens is 1. The quantitative estimate of drug-likeness (QED) is 0.192. The zero-order chi connectivity index (χ0) is 30.9. The van der Waals surface area contributed by atoms with Gasteiger partial charge in [0.2, 0.25) is 5.89 Å². The molecule has 3 nitrogen and oxygen atoms in total. The summed E-state index contributed by atoms with van der Waals surface area (Å²) in [6.07, 6.45) is 0. The molecular formula is C43H26N2OS. The van der Waals surface area contributed by atoms with Crippen molar-refractivity contribution < 1.29 is 4.42 Å². The monoisotopic (exact) mass is 618 g/mol. The summed E-state index contributed by atoms with van der Waals surface area (Å²) >= 11 is 1.84. The topological polar surface area (TPSA) is 29.3 Å². The van der Waals surface area contributed by atoms with Crippen molar-refractivity contribution in [1.82, 2.24) is 4.98 Å². The number of rotatable bonds is 5. The van der Waals surface area contributed by atoms with Crippen molar-refractivity contribution in [2.75, 3.05) is 4.90 Å². The Morgan fingerprint density at radius 1 is 0.489 bits per heavy atom. The predicted molar refractivity (Wildman–Crippen MR) is 197 cm³/mol. The van der Waals surface area contributed by atoms with Crippen LogP contribution in [-0.2, 0) is 0 Å². The summed E-state index contributed by atoms with van der Waals surface area (Å²) in [5.41, 5.74) is 9.72. The van der Waals surface area contributed by atoms with E-state index in [9.17, 15) is 0 Å². The van der Waals surface area contributed by atoms with E-state index in [4.69, 9.17) is 9.40 Å². The lowest BCUT2D eigenvalue weighted by Gasteiger charge is -2.27. The second-order valence-corrected chi connectivity index (χ2v) is 13.1. The Kier molecular flexibility index (Phi) is 5.74. The molecule has 0 fully saturated rings. The molecule has 0 atom stereocenters. The van der Waals surface area contributed by atoms with E-state index in [1.54, 1.807) is 0 Å². The van der Waals surface area contributed by atoms with Gasteiger partial charge in [-0.1, -0.05) is 103 Å². The molecule has 0 spiro atoms. The molecule has 0 bridgehead atoms. The first kappa shape index (κ1) is 26.3. The third-order valence-corrected chi connectivity index (χ3v) is 10.3. The first-order valence-electron chi connectivity index (χ1n) is 15.8. The van der Waals surface area contributed by atoms with E-state index < -0.39 is 0 Å². The van der Waals surface area contributed by atoms with Gasteiger partial charge in [0.05, 0.1) is 0 Å². The van der Waals surface area contributed by atoms with E-state index in [1.807, 2.05) is 41.7 Å². The third kappa shape index (κ3) is 4.16. The number of hydrogen-bond acceptors (Lipinski definition) is 4. The van der Waals surface area contributed by atoms with Gasteiger partial charge in [0.25, 0.3) is 0 Å². The Labute approximate surface area is 275 Å². The minimum Gasteiger partial charge on any atom is -0.435 e. The van der Waals surface area contributed by atoms with Crippen molar-refractivity contribution >= 4 is 59.3 Å². The highest BCUT2D eigenvalue weighted by Crippen LogP contribution is 2.51. The molecule has 0 saturated heterocycles. The minimum atomic E-state index is 0.645. The standard InChI is InChI=1S/C43H26N2OS/c1-3-11-27(12-4-1)29-15-9-17-31(23-29)45(32-21-22-35-34-18-7-8-20-38(34)47-39(35)26-32)33-24-30-16-10-19-36-40(30)37(25-33)41-42(36)46-43(44-41)28-13-5-2-6-14-28/h1-26H. The first-order valence-corrected chi connectivity index (χ1v) is 16.6. The average molecular weight is 619 g/mol. The number of anilines is 3. The van der Waals surface area contributed by atoms with E-state index in [0.29, 0.717) is 5.89 Å². The summed E-state index contributed by atoms with van der Waals surface area (Å²) in [7, 11) is 0. The van der Waals surface area contributed by atoms with E-state index >= 15 is 0 Å². The molecule has 9 aromatic rings. The van der Waals surface area contributed by atoms with Crippen molar-refractivity contribution in [3.8, 4) is 45.2 Å². The van der Waals surface area contributed by atoms with Gasteiger partial charge in [-0.3, -0.25) is 0 Å². The van der Waals surface area contributed by atoms with Crippen LogP contribution in [-0.4, -0.2) is 4.98 Å². The SMILES string of the molecule is c1ccc(-c2cccc(N(c3cc4c5c(cccc5c3)-c3oc(-c5ccccc5)nc3-4)c3ccc4c(c3)sc3ccccc34)c2)cc1. The molecule has 7 aromatic carbocycles.